The second-order valence-corrected chi connectivity index (χ2v) is 5.71. The Bertz CT molecular complexity index is 589. The van der Waals surface area contributed by atoms with Crippen LogP contribution in [0.5, 0.6) is 0 Å². The van der Waals surface area contributed by atoms with Crippen LogP contribution in [0.15, 0.2) is 47.7 Å². The van der Waals surface area contributed by atoms with Crippen molar-refractivity contribution in [2.24, 2.45) is 10.7 Å². The Balaban J connectivity index is 1.79. The van der Waals surface area contributed by atoms with E-state index in [1.807, 2.05) is 16.9 Å². The minimum atomic E-state index is 0.527. The number of guanidine groups is 1. The predicted octanol–water partition coefficient (Wildman–Crippen LogP) is 2.92. The van der Waals surface area contributed by atoms with Gasteiger partial charge in [-0.25, -0.2) is 4.99 Å². The highest BCUT2D eigenvalue weighted by Crippen LogP contribution is 2.08. The van der Waals surface area contributed by atoms with Crippen LogP contribution in [0.3, 0.4) is 0 Å². The molecule has 0 aliphatic carbocycles. The molecule has 23 heavy (non-hydrogen) atoms. The lowest BCUT2D eigenvalue weighted by Gasteiger charge is -2.07. The van der Waals surface area contributed by atoms with Gasteiger partial charge in [0.15, 0.2) is 5.96 Å². The van der Waals surface area contributed by atoms with Crippen LogP contribution in [0.2, 0.25) is 0 Å². The van der Waals surface area contributed by atoms with Gasteiger partial charge in [0.2, 0.25) is 0 Å². The molecule has 1 aromatic heterocycles. The Morgan fingerprint density at radius 2 is 2.09 bits per heavy atom. The standard InChI is InChI=1S/C18H27N5/c1-2-3-4-5-10-20-18(19)21-14-16-8-6-9-17(13-16)15-23-12-7-11-22-23/h6-9,11-13H,2-5,10,14-15H2,1H3,(H3,19,20,21). The second-order valence-electron chi connectivity index (χ2n) is 5.71. The second kappa shape index (κ2) is 9.66. The first-order valence-electron chi connectivity index (χ1n) is 8.37. The summed E-state index contributed by atoms with van der Waals surface area (Å²) >= 11 is 0. The average molecular weight is 313 g/mol. The van der Waals surface area contributed by atoms with Gasteiger partial charge in [0.05, 0.1) is 13.1 Å². The first-order valence-corrected chi connectivity index (χ1v) is 8.37. The third-order valence-electron chi connectivity index (χ3n) is 3.66. The summed E-state index contributed by atoms with van der Waals surface area (Å²) in [4.78, 5) is 4.41. The van der Waals surface area contributed by atoms with E-state index in [-0.39, 0.29) is 0 Å². The maximum Gasteiger partial charge on any atom is 0.188 e. The Morgan fingerprint density at radius 3 is 2.87 bits per heavy atom. The first-order chi connectivity index (χ1) is 11.3. The fourth-order valence-corrected chi connectivity index (χ4v) is 2.41. The van der Waals surface area contributed by atoms with Crippen molar-refractivity contribution in [3.05, 3.63) is 53.9 Å². The van der Waals surface area contributed by atoms with Crippen molar-refractivity contribution in [1.82, 2.24) is 15.1 Å². The van der Waals surface area contributed by atoms with E-state index < -0.39 is 0 Å². The molecule has 5 heteroatoms. The van der Waals surface area contributed by atoms with Crippen molar-refractivity contribution in [2.45, 2.75) is 45.7 Å². The summed E-state index contributed by atoms with van der Waals surface area (Å²) in [7, 11) is 0. The van der Waals surface area contributed by atoms with Gasteiger partial charge < -0.3 is 11.1 Å². The smallest absolute Gasteiger partial charge is 0.188 e. The Morgan fingerprint density at radius 1 is 1.22 bits per heavy atom. The number of unbranched alkanes of at least 4 members (excludes halogenated alkanes) is 3. The largest absolute Gasteiger partial charge is 0.370 e. The topological polar surface area (TPSA) is 68.2 Å². The van der Waals surface area contributed by atoms with Crippen molar-refractivity contribution in [3.63, 3.8) is 0 Å². The molecule has 0 saturated heterocycles. The average Bonchev–Trinajstić information content (AvgIpc) is 3.06. The zero-order chi connectivity index (χ0) is 16.3. The number of hydrogen-bond acceptors (Lipinski definition) is 2. The van der Waals surface area contributed by atoms with Gasteiger partial charge in [0.25, 0.3) is 0 Å². The molecule has 2 aromatic rings. The molecule has 0 radical (unpaired) electrons. The third-order valence-corrected chi connectivity index (χ3v) is 3.66. The van der Waals surface area contributed by atoms with E-state index in [0.29, 0.717) is 12.5 Å². The molecule has 0 amide bonds. The van der Waals surface area contributed by atoms with Crippen LogP contribution < -0.4 is 11.1 Å². The molecule has 3 N–H and O–H groups in total. The van der Waals surface area contributed by atoms with Crippen molar-refractivity contribution in [3.8, 4) is 0 Å². The maximum atomic E-state index is 5.91. The van der Waals surface area contributed by atoms with Crippen molar-refractivity contribution in [1.29, 1.82) is 0 Å². The molecule has 0 bridgehead atoms. The van der Waals surface area contributed by atoms with Crippen LogP contribution in [0.4, 0.5) is 0 Å². The fraction of sp³-hybridized carbons (Fsp3) is 0.444. The Hall–Kier alpha value is -2.30. The van der Waals surface area contributed by atoms with Gasteiger partial charge in [0.1, 0.15) is 0 Å². The number of nitrogens with one attached hydrogen (secondary N) is 1. The van der Waals surface area contributed by atoms with Crippen LogP contribution in [0.25, 0.3) is 0 Å². The van der Waals surface area contributed by atoms with Crippen molar-refractivity contribution < 1.29 is 0 Å². The summed E-state index contributed by atoms with van der Waals surface area (Å²) in [6.45, 7) is 4.48. The van der Waals surface area contributed by atoms with Gasteiger partial charge in [0, 0.05) is 18.9 Å². The summed E-state index contributed by atoms with van der Waals surface area (Å²) in [5.41, 5.74) is 8.28. The van der Waals surface area contributed by atoms with E-state index in [4.69, 9.17) is 5.73 Å². The molecule has 0 saturated carbocycles. The predicted molar refractivity (Wildman–Crippen MR) is 95.2 cm³/mol. The van der Waals surface area contributed by atoms with Crippen LogP contribution in [-0.4, -0.2) is 22.3 Å². The van der Waals surface area contributed by atoms with E-state index in [1.165, 1.54) is 24.8 Å². The van der Waals surface area contributed by atoms with Crippen LogP contribution >= 0.6 is 0 Å². The lowest BCUT2D eigenvalue weighted by molar-refractivity contribution is 0.652. The number of nitrogens with zero attached hydrogens (tertiary/aromatic N) is 3. The van der Waals surface area contributed by atoms with Gasteiger partial charge in [-0.1, -0.05) is 50.5 Å². The van der Waals surface area contributed by atoms with E-state index in [0.717, 1.165) is 25.1 Å². The summed E-state index contributed by atoms with van der Waals surface area (Å²) in [6.07, 6.45) is 8.67. The Labute approximate surface area is 138 Å². The zero-order valence-corrected chi connectivity index (χ0v) is 13.9. The number of hydrogen-bond donors (Lipinski definition) is 2. The molecular weight excluding hydrogens is 286 g/mol. The minimum absolute atomic E-state index is 0.527. The van der Waals surface area contributed by atoms with Gasteiger partial charge >= 0.3 is 0 Å². The maximum absolute atomic E-state index is 5.91. The number of rotatable bonds is 9. The lowest BCUT2D eigenvalue weighted by atomic mass is 10.1. The normalized spacial score (nSPS) is 11.6. The molecule has 0 fully saturated rings. The SMILES string of the molecule is CCCCCCNC(N)=NCc1cccc(Cn2cccn2)c1. The third kappa shape index (κ3) is 6.55. The zero-order valence-electron chi connectivity index (χ0n) is 13.9. The number of benzene rings is 1. The van der Waals surface area contributed by atoms with Crippen molar-refractivity contribution >= 4 is 5.96 Å². The molecule has 0 aliphatic heterocycles. The molecular formula is C18H27N5. The van der Waals surface area contributed by atoms with Crippen LogP contribution in [0.1, 0.15) is 43.7 Å². The van der Waals surface area contributed by atoms with Gasteiger partial charge in [-0.05, 0) is 23.6 Å². The summed E-state index contributed by atoms with van der Waals surface area (Å²) in [6, 6.07) is 10.3. The molecule has 2 rings (SSSR count). The molecule has 124 valence electrons. The van der Waals surface area contributed by atoms with E-state index >= 15 is 0 Å². The van der Waals surface area contributed by atoms with Gasteiger partial charge in [-0.2, -0.15) is 5.10 Å². The highest BCUT2D eigenvalue weighted by atomic mass is 15.3. The number of nitrogens with two attached hydrogens (primary N) is 1. The van der Waals surface area contributed by atoms with Crippen LogP contribution in [0, 0.1) is 0 Å². The Kier molecular flexibility index (Phi) is 7.17. The monoisotopic (exact) mass is 313 g/mol. The molecule has 0 unspecified atom stereocenters. The summed E-state index contributed by atoms with van der Waals surface area (Å²) in [5, 5.41) is 7.41. The fourth-order valence-electron chi connectivity index (χ4n) is 2.41. The van der Waals surface area contributed by atoms with E-state index in [1.54, 1.807) is 6.20 Å². The lowest BCUT2D eigenvalue weighted by Crippen LogP contribution is -2.32. The van der Waals surface area contributed by atoms with Crippen molar-refractivity contribution in [2.75, 3.05) is 6.54 Å². The first kappa shape index (κ1) is 17.1. The van der Waals surface area contributed by atoms with E-state index in [2.05, 4.69) is 46.6 Å². The number of aromatic nitrogens is 2. The van der Waals surface area contributed by atoms with Gasteiger partial charge in [-0.15, -0.1) is 0 Å². The summed E-state index contributed by atoms with van der Waals surface area (Å²) in [5.74, 6) is 0.527. The minimum Gasteiger partial charge on any atom is -0.370 e. The summed E-state index contributed by atoms with van der Waals surface area (Å²) < 4.78 is 1.91. The quantitative estimate of drug-likeness (QED) is 0.425. The van der Waals surface area contributed by atoms with E-state index in [9.17, 15) is 0 Å². The molecule has 5 nitrogen and oxygen atoms in total. The molecule has 1 heterocycles. The molecule has 0 spiro atoms. The highest BCUT2D eigenvalue weighted by Gasteiger charge is 1.98. The number of aliphatic imine (C=N–C) groups is 1. The molecule has 0 aliphatic rings. The van der Waals surface area contributed by atoms with Crippen LogP contribution in [-0.2, 0) is 13.1 Å². The molecule has 0 atom stereocenters. The molecule has 1 aromatic carbocycles. The van der Waals surface area contributed by atoms with Gasteiger partial charge in [-0.3, -0.25) is 4.68 Å². The highest BCUT2D eigenvalue weighted by molar-refractivity contribution is 5.77.